The van der Waals surface area contributed by atoms with Gasteiger partial charge in [-0.15, -0.1) is 11.3 Å². The number of carbonyl (C=O) groups excluding carboxylic acids is 2. The van der Waals surface area contributed by atoms with Gasteiger partial charge in [0.15, 0.2) is 11.7 Å². The Hall–Kier alpha value is -1.49. The summed E-state index contributed by atoms with van der Waals surface area (Å²) in [4.78, 5) is 24.6. The molecule has 0 saturated heterocycles. The van der Waals surface area contributed by atoms with E-state index >= 15 is 0 Å². The van der Waals surface area contributed by atoms with Crippen LogP contribution in [-0.2, 0) is 4.79 Å². The molecule has 0 radical (unpaired) electrons. The zero-order chi connectivity index (χ0) is 19.4. The van der Waals surface area contributed by atoms with Crippen LogP contribution in [0.3, 0.4) is 0 Å². The van der Waals surface area contributed by atoms with Gasteiger partial charge in [0.2, 0.25) is 0 Å². The van der Waals surface area contributed by atoms with Crippen LogP contribution in [-0.4, -0.2) is 23.5 Å². The van der Waals surface area contributed by atoms with Gasteiger partial charge in [-0.05, 0) is 65.8 Å². The molecular formula is C16H15Br2N3O3S2. The van der Waals surface area contributed by atoms with Crippen molar-refractivity contribution >= 4 is 77.3 Å². The molecule has 1 heterocycles. The predicted molar refractivity (Wildman–Crippen MR) is 114 cm³/mol. The lowest BCUT2D eigenvalue weighted by Crippen LogP contribution is -2.37. The van der Waals surface area contributed by atoms with Crippen LogP contribution >= 0.6 is 55.4 Å². The summed E-state index contributed by atoms with van der Waals surface area (Å²) in [5.74, 6) is -0.447. The van der Waals surface area contributed by atoms with Gasteiger partial charge in [-0.1, -0.05) is 15.9 Å². The van der Waals surface area contributed by atoms with E-state index in [1.54, 1.807) is 12.1 Å². The van der Waals surface area contributed by atoms with Crippen molar-refractivity contribution in [3.8, 4) is 5.75 Å². The number of hydrogen-bond donors (Lipinski definition) is 3. The van der Waals surface area contributed by atoms with Crippen LogP contribution < -0.4 is 21.1 Å². The fourth-order valence-electron chi connectivity index (χ4n) is 2.04. The molecule has 0 bridgehead atoms. The van der Waals surface area contributed by atoms with Crippen molar-refractivity contribution in [3.05, 3.63) is 43.1 Å². The molecule has 0 spiro atoms. The number of anilines is 1. The molecule has 138 valence electrons. The monoisotopic (exact) mass is 519 g/mol. The second kappa shape index (κ2) is 8.94. The lowest BCUT2D eigenvalue weighted by atomic mass is 10.1. The van der Waals surface area contributed by atoms with Gasteiger partial charge in [0.25, 0.3) is 11.8 Å². The third-order valence-corrected chi connectivity index (χ3v) is 5.80. The van der Waals surface area contributed by atoms with Crippen LogP contribution in [0.2, 0.25) is 0 Å². The van der Waals surface area contributed by atoms with Crippen LogP contribution in [0.25, 0.3) is 0 Å². The number of nitrogens with one attached hydrogen (secondary N) is 2. The first-order valence-corrected chi connectivity index (χ1v) is 10.1. The molecule has 0 unspecified atom stereocenters. The number of halogens is 2. The number of hydrogen-bond acceptors (Lipinski definition) is 5. The van der Waals surface area contributed by atoms with Gasteiger partial charge in [0, 0.05) is 9.35 Å². The average molecular weight is 521 g/mol. The molecule has 4 N–H and O–H groups in total. The molecule has 0 aliphatic carbocycles. The summed E-state index contributed by atoms with van der Waals surface area (Å²) in [6.45, 7) is 3.47. The Morgan fingerprint density at radius 1 is 1.31 bits per heavy atom. The quantitative estimate of drug-likeness (QED) is 0.520. The zero-order valence-corrected chi connectivity index (χ0v) is 18.6. The van der Waals surface area contributed by atoms with Gasteiger partial charge < -0.3 is 15.8 Å². The molecule has 0 saturated carbocycles. The van der Waals surface area contributed by atoms with Crippen molar-refractivity contribution < 1.29 is 14.3 Å². The summed E-state index contributed by atoms with van der Waals surface area (Å²) in [6.07, 6.45) is 0. The van der Waals surface area contributed by atoms with E-state index in [-0.39, 0.29) is 11.7 Å². The summed E-state index contributed by atoms with van der Waals surface area (Å²) in [7, 11) is 0. The van der Waals surface area contributed by atoms with E-state index in [4.69, 9.17) is 22.7 Å². The number of amides is 2. The smallest absolute Gasteiger partial charge is 0.264 e. The van der Waals surface area contributed by atoms with E-state index < -0.39 is 11.8 Å². The molecule has 1 aromatic heterocycles. The van der Waals surface area contributed by atoms with E-state index in [2.05, 4.69) is 42.5 Å². The predicted octanol–water partition coefficient (Wildman–Crippen LogP) is 3.88. The second-order valence-electron chi connectivity index (χ2n) is 5.22. The number of rotatable bonds is 5. The van der Waals surface area contributed by atoms with Gasteiger partial charge in [0.1, 0.15) is 10.8 Å². The highest BCUT2D eigenvalue weighted by Gasteiger charge is 2.18. The molecule has 26 heavy (non-hydrogen) atoms. The second-order valence-corrected chi connectivity index (χ2v) is 8.62. The number of nitrogens with two attached hydrogens (primary N) is 1. The minimum atomic E-state index is -0.549. The maximum Gasteiger partial charge on any atom is 0.264 e. The first-order chi connectivity index (χ1) is 12.2. The zero-order valence-electron chi connectivity index (χ0n) is 13.8. The largest absolute Gasteiger partial charge is 0.483 e. The number of thiocarbonyl (C=S) groups is 1. The van der Waals surface area contributed by atoms with E-state index in [1.807, 2.05) is 19.9 Å². The molecule has 0 aliphatic heterocycles. The number of aryl methyl sites for hydroxylation is 1. The summed E-state index contributed by atoms with van der Waals surface area (Å²) >= 11 is 13.2. The molecule has 0 fully saturated rings. The topological polar surface area (TPSA) is 93.4 Å². The summed E-state index contributed by atoms with van der Waals surface area (Å²) in [6, 6.07) is 5.34. The molecule has 0 atom stereocenters. The minimum Gasteiger partial charge on any atom is -0.483 e. The highest BCUT2D eigenvalue weighted by atomic mass is 79.9. The van der Waals surface area contributed by atoms with E-state index in [1.165, 1.54) is 11.3 Å². The fourth-order valence-corrected chi connectivity index (χ4v) is 4.56. The lowest BCUT2D eigenvalue weighted by molar-refractivity contribution is -0.121. The molecule has 2 aromatic rings. The van der Waals surface area contributed by atoms with Crippen LogP contribution in [0, 0.1) is 13.8 Å². The standard InChI is InChI=1S/C16H15Br2N3O3S2/c1-7-8(2)26-15(13(7)14(19)23)21-16(25)20-12(22)6-24-11-4-3-9(17)5-10(11)18/h3-5H,6H2,1-2H3,(H2,19,23)(H2,20,21,22,25). The van der Waals surface area contributed by atoms with Gasteiger partial charge in [-0.3, -0.25) is 14.9 Å². The fraction of sp³-hybridized carbons (Fsp3) is 0.188. The third kappa shape index (κ3) is 5.26. The highest BCUT2D eigenvalue weighted by Crippen LogP contribution is 2.32. The van der Waals surface area contributed by atoms with Crippen LogP contribution in [0.15, 0.2) is 27.1 Å². The SMILES string of the molecule is Cc1sc(NC(=S)NC(=O)COc2ccc(Br)cc2Br)c(C(N)=O)c1C. The first-order valence-electron chi connectivity index (χ1n) is 7.27. The Labute approximate surface area is 176 Å². The molecule has 6 nitrogen and oxygen atoms in total. The van der Waals surface area contributed by atoms with Crippen molar-refractivity contribution in [1.29, 1.82) is 0 Å². The molecule has 2 rings (SSSR count). The Balaban J connectivity index is 1.94. The normalized spacial score (nSPS) is 10.3. The molecule has 10 heteroatoms. The number of thiophene rings is 1. The first kappa shape index (κ1) is 20.8. The van der Waals surface area contributed by atoms with Crippen molar-refractivity contribution in [2.24, 2.45) is 5.73 Å². The number of carbonyl (C=O) groups is 2. The van der Waals surface area contributed by atoms with Gasteiger partial charge in [-0.25, -0.2) is 0 Å². The Kier molecular flexibility index (Phi) is 7.16. The Morgan fingerprint density at radius 3 is 2.62 bits per heavy atom. The van der Waals surface area contributed by atoms with Gasteiger partial charge in [-0.2, -0.15) is 0 Å². The van der Waals surface area contributed by atoms with Crippen molar-refractivity contribution in [3.63, 3.8) is 0 Å². The molecule has 1 aromatic carbocycles. The average Bonchev–Trinajstić information content (AvgIpc) is 2.80. The summed E-state index contributed by atoms with van der Waals surface area (Å²) in [5.41, 5.74) is 6.58. The molecular weight excluding hydrogens is 506 g/mol. The lowest BCUT2D eigenvalue weighted by Gasteiger charge is -2.11. The van der Waals surface area contributed by atoms with Crippen molar-refractivity contribution in [2.75, 3.05) is 11.9 Å². The number of primary amides is 1. The van der Waals surface area contributed by atoms with Gasteiger partial charge in [0.05, 0.1) is 10.0 Å². The maximum absolute atomic E-state index is 12.0. The van der Waals surface area contributed by atoms with E-state index in [0.29, 0.717) is 16.3 Å². The van der Waals surface area contributed by atoms with Crippen LogP contribution in [0.4, 0.5) is 5.00 Å². The minimum absolute atomic E-state index is 0.0669. The summed E-state index contributed by atoms with van der Waals surface area (Å²) in [5, 5.41) is 5.93. The maximum atomic E-state index is 12.0. The van der Waals surface area contributed by atoms with Gasteiger partial charge >= 0.3 is 0 Å². The van der Waals surface area contributed by atoms with E-state index in [0.717, 1.165) is 19.4 Å². The Morgan fingerprint density at radius 2 is 2.00 bits per heavy atom. The molecule has 2 amide bonds. The van der Waals surface area contributed by atoms with E-state index in [9.17, 15) is 9.59 Å². The number of ether oxygens (including phenoxy) is 1. The summed E-state index contributed by atoms with van der Waals surface area (Å²) < 4.78 is 7.06. The van der Waals surface area contributed by atoms with Crippen LogP contribution in [0.1, 0.15) is 20.8 Å². The highest BCUT2D eigenvalue weighted by molar-refractivity contribution is 9.11. The third-order valence-electron chi connectivity index (χ3n) is 3.36. The number of benzene rings is 1. The molecule has 0 aliphatic rings. The van der Waals surface area contributed by atoms with Crippen LogP contribution in [0.5, 0.6) is 5.75 Å². The van der Waals surface area contributed by atoms with Crippen molar-refractivity contribution in [2.45, 2.75) is 13.8 Å². The van der Waals surface area contributed by atoms with Crippen molar-refractivity contribution in [1.82, 2.24) is 5.32 Å². The Bertz CT molecular complexity index is 884.